The van der Waals surface area contributed by atoms with Gasteiger partial charge < -0.3 is 20.2 Å². The Morgan fingerprint density at radius 1 is 1.11 bits per heavy atom. The number of halogens is 1. The van der Waals surface area contributed by atoms with Gasteiger partial charge in [0.2, 0.25) is 11.8 Å². The molecule has 1 aromatic carbocycles. The van der Waals surface area contributed by atoms with Crippen molar-refractivity contribution < 1.29 is 28.7 Å². The molecule has 192 valence electrons. The molecular weight excluding hydrogens is 457 g/mol. The number of unbranched alkanes of at least 4 members (excludes halogenated alkanes) is 4. The van der Waals surface area contributed by atoms with Gasteiger partial charge in [0.05, 0.1) is 19.5 Å². The van der Waals surface area contributed by atoms with Crippen molar-refractivity contribution in [3.63, 3.8) is 0 Å². The summed E-state index contributed by atoms with van der Waals surface area (Å²) in [5.41, 5.74) is 0.698. The van der Waals surface area contributed by atoms with Crippen LogP contribution in [0.4, 0.5) is 9.18 Å². The fourth-order valence-corrected chi connectivity index (χ4v) is 4.64. The van der Waals surface area contributed by atoms with Crippen molar-refractivity contribution >= 4 is 23.8 Å². The van der Waals surface area contributed by atoms with Gasteiger partial charge in [0.1, 0.15) is 18.0 Å². The van der Waals surface area contributed by atoms with Crippen molar-refractivity contribution in [1.29, 1.82) is 0 Å². The molecule has 35 heavy (non-hydrogen) atoms. The molecule has 3 rings (SSSR count). The Kier molecular flexibility index (Phi) is 9.02. The Bertz CT molecular complexity index is 927. The lowest BCUT2D eigenvalue weighted by atomic mass is 10.0. The monoisotopic (exact) mass is 491 g/mol. The molecule has 0 aliphatic carbocycles. The van der Waals surface area contributed by atoms with Gasteiger partial charge in [-0.1, -0.05) is 44.7 Å². The largest absolute Gasteiger partial charge is 0.481 e. The molecule has 10 nitrogen and oxygen atoms in total. The average Bonchev–Trinajstić information content (AvgIpc) is 2.80. The second-order valence-corrected chi connectivity index (χ2v) is 9.04. The third-order valence-electron chi connectivity index (χ3n) is 6.40. The van der Waals surface area contributed by atoms with Gasteiger partial charge in [-0.25, -0.2) is 19.2 Å². The number of piperazine rings is 1. The summed E-state index contributed by atoms with van der Waals surface area (Å²) in [7, 11) is 1.60. The molecule has 2 aliphatic rings. The molecule has 0 radical (unpaired) electrons. The number of carboxylic acid groups (broad SMARTS) is 1. The highest BCUT2D eigenvalue weighted by atomic mass is 19.1. The molecule has 0 saturated carbocycles. The molecule has 2 N–H and O–H groups in total. The lowest BCUT2D eigenvalue weighted by Crippen LogP contribution is -2.76. The van der Waals surface area contributed by atoms with E-state index in [1.165, 1.54) is 27.1 Å². The highest BCUT2D eigenvalue weighted by molar-refractivity contribution is 5.93. The third kappa shape index (κ3) is 6.47. The molecule has 11 heteroatoms. The SMILES string of the molecule is CCCCCCCN1C[C@H]2N(C(=O)CN(C)N2C(=O)NCc2ccc(F)cc2)[C@@H](CC(=O)O)C1=O. The highest BCUT2D eigenvalue weighted by Crippen LogP contribution is 2.27. The number of amides is 4. The number of fused-ring (bicyclic) bond motifs is 1. The van der Waals surface area contributed by atoms with E-state index in [1.807, 2.05) is 0 Å². The smallest absolute Gasteiger partial charge is 0.334 e. The molecule has 2 aliphatic heterocycles. The summed E-state index contributed by atoms with van der Waals surface area (Å²) in [4.78, 5) is 53.7. The van der Waals surface area contributed by atoms with E-state index in [9.17, 15) is 28.7 Å². The Balaban J connectivity index is 1.78. The van der Waals surface area contributed by atoms with Crippen molar-refractivity contribution in [2.24, 2.45) is 0 Å². The summed E-state index contributed by atoms with van der Waals surface area (Å²) in [5, 5.41) is 15.1. The first-order valence-electron chi connectivity index (χ1n) is 12.1. The molecule has 4 amide bonds. The summed E-state index contributed by atoms with van der Waals surface area (Å²) in [6.07, 6.45) is 3.60. The van der Waals surface area contributed by atoms with Crippen LogP contribution in [0.1, 0.15) is 51.0 Å². The lowest BCUT2D eigenvalue weighted by molar-refractivity contribution is -0.188. The van der Waals surface area contributed by atoms with Crippen LogP contribution >= 0.6 is 0 Å². The maximum Gasteiger partial charge on any atom is 0.334 e. The Labute approximate surface area is 204 Å². The van der Waals surface area contributed by atoms with Crippen LogP contribution in [0.5, 0.6) is 0 Å². The van der Waals surface area contributed by atoms with Crippen LogP contribution in [0.2, 0.25) is 0 Å². The van der Waals surface area contributed by atoms with Crippen molar-refractivity contribution in [2.45, 2.75) is 64.2 Å². The van der Waals surface area contributed by atoms with E-state index in [1.54, 1.807) is 24.1 Å². The molecule has 0 unspecified atom stereocenters. The number of likely N-dealkylation sites (N-methyl/N-ethyl adjacent to an activating group) is 1. The first-order chi connectivity index (χ1) is 16.7. The molecular formula is C24H34FN5O5. The zero-order valence-corrected chi connectivity index (χ0v) is 20.3. The number of nitrogens with one attached hydrogen (secondary N) is 1. The predicted octanol–water partition coefficient (Wildman–Crippen LogP) is 2.01. The van der Waals surface area contributed by atoms with Gasteiger partial charge in [-0.3, -0.25) is 14.4 Å². The van der Waals surface area contributed by atoms with E-state index in [2.05, 4.69) is 12.2 Å². The predicted molar refractivity (Wildman–Crippen MR) is 125 cm³/mol. The van der Waals surface area contributed by atoms with Crippen LogP contribution < -0.4 is 5.32 Å². The fourth-order valence-electron chi connectivity index (χ4n) is 4.64. The maximum atomic E-state index is 13.2. The van der Waals surface area contributed by atoms with Crippen LogP contribution in [-0.2, 0) is 20.9 Å². The summed E-state index contributed by atoms with van der Waals surface area (Å²) < 4.78 is 13.2. The van der Waals surface area contributed by atoms with Crippen molar-refractivity contribution in [1.82, 2.24) is 25.1 Å². The third-order valence-corrected chi connectivity index (χ3v) is 6.40. The molecule has 2 heterocycles. The summed E-state index contributed by atoms with van der Waals surface area (Å²) in [6.45, 7) is 2.63. The number of aliphatic carboxylic acids is 1. The van der Waals surface area contributed by atoms with E-state index >= 15 is 0 Å². The Hall–Kier alpha value is -3.21. The number of hydrazine groups is 1. The topological polar surface area (TPSA) is 114 Å². The normalized spacial score (nSPS) is 20.7. The lowest BCUT2D eigenvalue weighted by Gasteiger charge is -2.54. The van der Waals surface area contributed by atoms with Crippen LogP contribution in [0.3, 0.4) is 0 Å². The number of carbonyl (C=O) groups excluding carboxylic acids is 3. The number of hydrogen-bond acceptors (Lipinski definition) is 5. The van der Waals surface area contributed by atoms with Crippen LogP contribution in [-0.4, -0.2) is 87.6 Å². The fraction of sp³-hybridized carbons (Fsp3) is 0.583. The van der Waals surface area contributed by atoms with E-state index in [-0.39, 0.29) is 25.5 Å². The van der Waals surface area contributed by atoms with Crippen molar-refractivity contribution in [3.8, 4) is 0 Å². The first-order valence-corrected chi connectivity index (χ1v) is 12.1. The molecule has 2 saturated heterocycles. The zero-order valence-electron chi connectivity index (χ0n) is 20.3. The van der Waals surface area contributed by atoms with Gasteiger partial charge in [-0.2, -0.15) is 0 Å². The van der Waals surface area contributed by atoms with E-state index < -0.39 is 42.4 Å². The molecule has 0 bridgehead atoms. The van der Waals surface area contributed by atoms with Crippen molar-refractivity contribution in [3.05, 3.63) is 35.6 Å². The van der Waals surface area contributed by atoms with Gasteiger partial charge in [0.15, 0.2) is 0 Å². The molecule has 0 spiro atoms. The summed E-state index contributed by atoms with van der Waals surface area (Å²) >= 11 is 0. The minimum absolute atomic E-state index is 0.1000. The zero-order chi connectivity index (χ0) is 25.5. The number of carbonyl (C=O) groups is 4. The van der Waals surface area contributed by atoms with E-state index in [0.717, 1.165) is 32.1 Å². The number of hydrogen-bond donors (Lipinski definition) is 2. The summed E-state index contributed by atoms with van der Waals surface area (Å²) in [6, 6.07) is 4.07. The van der Waals surface area contributed by atoms with Crippen LogP contribution in [0.25, 0.3) is 0 Å². The number of nitrogens with zero attached hydrogens (tertiary/aromatic N) is 4. The maximum absolute atomic E-state index is 13.2. The minimum Gasteiger partial charge on any atom is -0.481 e. The summed E-state index contributed by atoms with van der Waals surface area (Å²) in [5.74, 6) is -2.37. The number of benzene rings is 1. The van der Waals surface area contributed by atoms with Crippen molar-refractivity contribution in [2.75, 3.05) is 26.7 Å². The minimum atomic E-state index is -1.19. The second-order valence-electron chi connectivity index (χ2n) is 9.04. The quantitative estimate of drug-likeness (QED) is 0.484. The van der Waals surface area contributed by atoms with Gasteiger partial charge in [-0.05, 0) is 24.1 Å². The van der Waals surface area contributed by atoms with E-state index in [0.29, 0.717) is 12.1 Å². The first kappa shape index (κ1) is 26.4. The van der Waals surface area contributed by atoms with Gasteiger partial charge in [0.25, 0.3) is 0 Å². The Morgan fingerprint density at radius 2 is 1.80 bits per heavy atom. The van der Waals surface area contributed by atoms with Gasteiger partial charge >= 0.3 is 12.0 Å². The van der Waals surface area contributed by atoms with E-state index in [4.69, 9.17) is 0 Å². The van der Waals surface area contributed by atoms with Crippen LogP contribution in [0.15, 0.2) is 24.3 Å². The Morgan fingerprint density at radius 3 is 2.46 bits per heavy atom. The average molecular weight is 492 g/mol. The number of carboxylic acids is 1. The number of urea groups is 1. The van der Waals surface area contributed by atoms with Gasteiger partial charge in [-0.15, -0.1) is 0 Å². The molecule has 1 aromatic rings. The van der Waals surface area contributed by atoms with Crippen LogP contribution in [0, 0.1) is 5.82 Å². The molecule has 2 fully saturated rings. The standard InChI is InChI=1S/C24H34FN5O5/c1-3-4-5-6-7-12-28-15-20-29(19(23(28)34)13-22(32)33)21(31)16-27(2)30(20)24(35)26-14-17-8-10-18(25)11-9-17/h8-11,19-20H,3-7,12-16H2,1-2H3,(H,26,35)(H,32,33)/t19-,20-/m0/s1. The second kappa shape index (κ2) is 12.0. The van der Waals surface area contributed by atoms with Gasteiger partial charge in [0, 0.05) is 20.1 Å². The molecule has 0 aromatic heterocycles. The number of rotatable bonds is 10. The highest BCUT2D eigenvalue weighted by Gasteiger charge is 2.51. The molecule has 2 atom stereocenters.